The van der Waals surface area contributed by atoms with Crippen LogP contribution in [0, 0.1) is 22.7 Å². The number of nitriles is 2. The summed E-state index contributed by atoms with van der Waals surface area (Å²) in [5.74, 6) is 5.29. The van der Waals surface area contributed by atoms with Crippen LogP contribution in [0.3, 0.4) is 0 Å². The van der Waals surface area contributed by atoms with Crippen molar-refractivity contribution in [2.75, 3.05) is 0 Å². The minimum Gasteiger partial charge on any atom is -0.397 e. The summed E-state index contributed by atoms with van der Waals surface area (Å²) in [7, 11) is 0. The fourth-order valence-corrected chi connectivity index (χ4v) is 3.43. The maximum absolute atomic E-state index is 9.35. The summed E-state index contributed by atoms with van der Waals surface area (Å²) < 4.78 is 1.60. The first-order valence-corrected chi connectivity index (χ1v) is 8.00. The quantitative estimate of drug-likeness (QED) is 0.486. The molecule has 0 radical (unpaired) electrons. The molecular weight excluding hydrogens is 334 g/mol. The SMILES string of the molecule is N#Cc1ccccc1Sc1cc(/C(N)=C/NN)cn2ncc(C#N)c12. The highest BCUT2D eigenvalue weighted by atomic mass is 32.2. The normalized spacial score (nSPS) is 11.1. The number of benzene rings is 1. The summed E-state index contributed by atoms with van der Waals surface area (Å²) in [5.41, 5.74) is 11.2. The van der Waals surface area contributed by atoms with Gasteiger partial charge < -0.3 is 11.2 Å². The van der Waals surface area contributed by atoms with E-state index in [0.29, 0.717) is 27.9 Å². The summed E-state index contributed by atoms with van der Waals surface area (Å²) in [6.45, 7) is 0. The van der Waals surface area contributed by atoms with Gasteiger partial charge in [-0.05, 0) is 18.2 Å². The van der Waals surface area contributed by atoms with E-state index in [0.717, 1.165) is 9.79 Å². The molecule has 3 aromatic rings. The van der Waals surface area contributed by atoms with Gasteiger partial charge in [0.1, 0.15) is 12.1 Å². The average Bonchev–Trinajstić information content (AvgIpc) is 3.05. The Morgan fingerprint density at radius 1 is 1.20 bits per heavy atom. The van der Waals surface area contributed by atoms with E-state index in [-0.39, 0.29) is 0 Å². The van der Waals surface area contributed by atoms with E-state index in [9.17, 15) is 10.5 Å². The molecule has 0 unspecified atom stereocenters. The van der Waals surface area contributed by atoms with E-state index in [4.69, 9.17) is 11.6 Å². The molecule has 3 rings (SSSR count). The minimum absolute atomic E-state index is 0.425. The monoisotopic (exact) mass is 347 g/mol. The van der Waals surface area contributed by atoms with Gasteiger partial charge >= 0.3 is 0 Å². The second-order valence-corrected chi connectivity index (χ2v) is 6.12. The zero-order chi connectivity index (χ0) is 17.8. The Morgan fingerprint density at radius 2 is 1.96 bits per heavy atom. The third kappa shape index (κ3) is 3.12. The van der Waals surface area contributed by atoms with Gasteiger partial charge in [-0.15, -0.1) is 0 Å². The van der Waals surface area contributed by atoms with E-state index in [1.807, 2.05) is 24.3 Å². The molecule has 1 aromatic carbocycles. The molecule has 0 atom stereocenters. The number of rotatable bonds is 4. The molecule has 0 aliphatic carbocycles. The van der Waals surface area contributed by atoms with Gasteiger partial charge in [-0.25, -0.2) is 4.52 Å². The van der Waals surface area contributed by atoms with Crippen LogP contribution in [-0.4, -0.2) is 9.61 Å². The summed E-state index contributed by atoms with van der Waals surface area (Å²) in [6.07, 6.45) is 4.69. The van der Waals surface area contributed by atoms with Crippen molar-refractivity contribution in [2.45, 2.75) is 9.79 Å². The molecule has 7 nitrogen and oxygen atoms in total. The Bertz CT molecular complexity index is 1050. The van der Waals surface area contributed by atoms with Crippen molar-refractivity contribution < 1.29 is 0 Å². The Balaban J connectivity index is 2.21. The first kappa shape index (κ1) is 16.4. The predicted octanol–water partition coefficient (Wildman–Crippen LogP) is 1.95. The fourth-order valence-electron chi connectivity index (χ4n) is 2.34. The van der Waals surface area contributed by atoms with Gasteiger partial charge in [0.15, 0.2) is 0 Å². The van der Waals surface area contributed by atoms with Crippen molar-refractivity contribution in [1.82, 2.24) is 15.0 Å². The van der Waals surface area contributed by atoms with Crippen molar-refractivity contribution in [3.05, 3.63) is 65.6 Å². The molecule has 0 saturated carbocycles. The third-order valence-corrected chi connectivity index (χ3v) is 4.60. The molecule has 0 bridgehead atoms. The number of fused-ring (bicyclic) bond motifs is 1. The molecular formula is C17H13N7S. The van der Waals surface area contributed by atoms with Crippen LogP contribution in [0.2, 0.25) is 0 Å². The molecule has 0 aliphatic heterocycles. The molecule has 0 fully saturated rings. The summed E-state index contributed by atoms with van der Waals surface area (Å²) in [4.78, 5) is 1.55. The number of nitrogens with zero attached hydrogens (tertiary/aromatic N) is 4. The molecule has 8 heteroatoms. The lowest BCUT2D eigenvalue weighted by Crippen LogP contribution is -2.16. The Hall–Kier alpha value is -3.46. The second kappa shape index (κ2) is 6.97. The van der Waals surface area contributed by atoms with E-state index in [1.165, 1.54) is 24.2 Å². The third-order valence-electron chi connectivity index (χ3n) is 3.50. The first-order chi connectivity index (χ1) is 12.2. The van der Waals surface area contributed by atoms with Crippen LogP contribution in [0.4, 0.5) is 0 Å². The Labute approximate surface area is 148 Å². The molecule has 25 heavy (non-hydrogen) atoms. The van der Waals surface area contributed by atoms with Crippen molar-refractivity contribution in [3.63, 3.8) is 0 Å². The number of hydrogen-bond acceptors (Lipinski definition) is 7. The zero-order valence-electron chi connectivity index (χ0n) is 13.0. The number of hydrogen-bond donors (Lipinski definition) is 3. The number of nitrogens with one attached hydrogen (secondary N) is 1. The molecule has 0 saturated heterocycles. The van der Waals surface area contributed by atoms with Crippen LogP contribution < -0.4 is 17.0 Å². The van der Waals surface area contributed by atoms with Gasteiger partial charge in [0.2, 0.25) is 0 Å². The molecule has 0 spiro atoms. The van der Waals surface area contributed by atoms with Crippen molar-refractivity contribution in [2.24, 2.45) is 11.6 Å². The van der Waals surface area contributed by atoms with Crippen LogP contribution in [0.15, 0.2) is 58.7 Å². The summed E-state index contributed by atoms with van der Waals surface area (Å²) >= 11 is 1.38. The van der Waals surface area contributed by atoms with Crippen molar-refractivity contribution >= 4 is 23.0 Å². The van der Waals surface area contributed by atoms with E-state index < -0.39 is 0 Å². The Morgan fingerprint density at radius 3 is 2.68 bits per heavy atom. The maximum atomic E-state index is 9.35. The van der Waals surface area contributed by atoms with E-state index in [1.54, 1.807) is 16.8 Å². The van der Waals surface area contributed by atoms with Crippen LogP contribution in [0.5, 0.6) is 0 Å². The highest BCUT2D eigenvalue weighted by Gasteiger charge is 2.14. The van der Waals surface area contributed by atoms with Gasteiger partial charge in [0, 0.05) is 27.8 Å². The second-order valence-electron chi connectivity index (χ2n) is 5.03. The largest absolute Gasteiger partial charge is 0.397 e. The van der Waals surface area contributed by atoms with Crippen LogP contribution in [0.25, 0.3) is 11.2 Å². The van der Waals surface area contributed by atoms with Crippen molar-refractivity contribution in [1.29, 1.82) is 10.5 Å². The molecule has 0 aliphatic rings. The minimum atomic E-state index is 0.425. The molecule has 2 heterocycles. The van der Waals surface area contributed by atoms with Crippen LogP contribution in [-0.2, 0) is 0 Å². The number of hydrazine groups is 1. The first-order valence-electron chi connectivity index (χ1n) is 7.18. The van der Waals surface area contributed by atoms with Crippen molar-refractivity contribution in [3.8, 4) is 12.1 Å². The lowest BCUT2D eigenvalue weighted by atomic mass is 10.2. The zero-order valence-corrected chi connectivity index (χ0v) is 13.8. The van der Waals surface area contributed by atoms with Gasteiger partial charge in [0.25, 0.3) is 0 Å². The standard InChI is InChI=1S/C17H13N7S/c18-6-11-3-1-2-4-15(11)25-16-5-12(14(20)9-22-21)10-24-17(16)13(7-19)8-23-24/h1-5,8-10,22H,20-21H2/b14-9-. The van der Waals surface area contributed by atoms with E-state index >= 15 is 0 Å². The predicted molar refractivity (Wildman–Crippen MR) is 94.7 cm³/mol. The highest BCUT2D eigenvalue weighted by Crippen LogP contribution is 2.35. The molecule has 122 valence electrons. The molecule has 5 N–H and O–H groups in total. The lowest BCUT2D eigenvalue weighted by Gasteiger charge is -2.10. The maximum Gasteiger partial charge on any atom is 0.103 e. The van der Waals surface area contributed by atoms with Gasteiger partial charge in [-0.2, -0.15) is 15.6 Å². The number of pyridine rings is 1. The average molecular weight is 347 g/mol. The lowest BCUT2D eigenvalue weighted by molar-refractivity contribution is 0.939. The number of nitrogens with two attached hydrogens (primary N) is 2. The Kier molecular flexibility index (Phi) is 4.57. The molecule has 0 amide bonds. The van der Waals surface area contributed by atoms with Gasteiger partial charge in [0.05, 0.1) is 28.5 Å². The van der Waals surface area contributed by atoms with Gasteiger partial charge in [-0.3, -0.25) is 5.84 Å². The fraction of sp³-hybridized carbons (Fsp3) is 0. The summed E-state index contributed by atoms with van der Waals surface area (Å²) in [6, 6.07) is 13.4. The van der Waals surface area contributed by atoms with E-state index in [2.05, 4.69) is 22.7 Å². The highest BCUT2D eigenvalue weighted by molar-refractivity contribution is 7.99. The topological polar surface area (TPSA) is 129 Å². The summed E-state index contributed by atoms with van der Waals surface area (Å²) in [5, 5.41) is 22.9. The van der Waals surface area contributed by atoms with Crippen LogP contribution >= 0.6 is 11.8 Å². The van der Waals surface area contributed by atoms with Crippen LogP contribution in [0.1, 0.15) is 16.7 Å². The smallest absolute Gasteiger partial charge is 0.103 e. The number of aromatic nitrogens is 2. The molecule has 2 aromatic heterocycles. The van der Waals surface area contributed by atoms with Gasteiger partial charge in [-0.1, -0.05) is 23.9 Å².